The summed E-state index contributed by atoms with van der Waals surface area (Å²) in [5.41, 5.74) is 3.18. The number of phenolic OH excluding ortho intramolecular Hbond substituents is 1. The quantitative estimate of drug-likeness (QED) is 0.273. The number of carboxylic acids is 1. The maximum absolute atomic E-state index is 12.2. The maximum atomic E-state index is 12.2. The van der Waals surface area contributed by atoms with Gasteiger partial charge in [-0.05, 0) is 55.0 Å². The van der Waals surface area contributed by atoms with E-state index in [-0.39, 0.29) is 34.9 Å². The van der Waals surface area contributed by atoms with Crippen LogP contribution in [0.2, 0.25) is 5.02 Å². The highest BCUT2D eigenvalue weighted by molar-refractivity contribution is 6.34. The maximum Gasteiger partial charge on any atom is 0.342 e. The minimum atomic E-state index is -1.14. The van der Waals surface area contributed by atoms with Gasteiger partial charge in [-0.1, -0.05) is 43.9 Å². The molecule has 7 nitrogen and oxygen atoms in total. The average Bonchev–Trinajstić information content (AvgIpc) is 3.22. The zero-order valence-electron chi connectivity index (χ0n) is 20.5. The van der Waals surface area contributed by atoms with Crippen molar-refractivity contribution >= 4 is 29.1 Å². The van der Waals surface area contributed by atoms with Gasteiger partial charge in [-0.25, -0.2) is 9.59 Å². The van der Waals surface area contributed by atoms with Gasteiger partial charge in [0.15, 0.2) is 0 Å². The minimum Gasteiger partial charge on any atom is -0.507 e. The van der Waals surface area contributed by atoms with Crippen molar-refractivity contribution in [2.45, 2.75) is 59.0 Å². The van der Waals surface area contributed by atoms with E-state index in [0.717, 1.165) is 36.8 Å². The number of carbonyl (C=O) groups is 2. The van der Waals surface area contributed by atoms with E-state index in [1.807, 2.05) is 13.0 Å². The number of hydrogen-bond acceptors (Lipinski definition) is 6. The fourth-order valence-electron chi connectivity index (χ4n) is 4.51. The molecule has 2 aromatic rings. The van der Waals surface area contributed by atoms with Crippen LogP contribution in [-0.2, 0) is 17.8 Å². The molecule has 8 heteroatoms. The predicted octanol–water partition coefficient (Wildman–Crippen LogP) is 6.34. The second-order valence-corrected chi connectivity index (χ2v) is 8.90. The molecule has 1 aliphatic rings. The Morgan fingerprint density at radius 1 is 1.20 bits per heavy atom. The number of aromatic hydroxyl groups is 1. The normalized spacial score (nSPS) is 12.9. The molecule has 0 radical (unpaired) electrons. The van der Waals surface area contributed by atoms with E-state index in [1.165, 1.54) is 20.3 Å². The monoisotopic (exact) mass is 502 g/mol. The molecule has 3 rings (SSSR count). The molecule has 0 aromatic heterocycles. The number of rotatable bonds is 11. The predicted molar refractivity (Wildman–Crippen MR) is 134 cm³/mol. The second kappa shape index (κ2) is 11.5. The van der Waals surface area contributed by atoms with Crippen molar-refractivity contribution in [1.29, 1.82) is 0 Å². The molecule has 0 saturated carbocycles. The number of allylic oxidation sites excluding steroid dienone is 2. The highest BCUT2D eigenvalue weighted by Gasteiger charge is 2.32. The molecular formula is C27H31ClO7. The summed E-state index contributed by atoms with van der Waals surface area (Å²) in [5, 5.41) is 20.9. The highest BCUT2D eigenvalue weighted by atomic mass is 35.5. The van der Waals surface area contributed by atoms with Gasteiger partial charge in [0.05, 0.1) is 24.8 Å². The Kier molecular flexibility index (Phi) is 8.67. The molecule has 188 valence electrons. The lowest BCUT2D eigenvalue weighted by molar-refractivity contribution is 0.0532. The van der Waals surface area contributed by atoms with Gasteiger partial charge >= 0.3 is 11.9 Å². The lowest BCUT2D eigenvalue weighted by atomic mass is 9.91. The summed E-state index contributed by atoms with van der Waals surface area (Å²) in [5.74, 6) is -0.951. The number of phenols is 1. The van der Waals surface area contributed by atoms with Crippen LogP contribution in [0.15, 0.2) is 18.2 Å². The largest absolute Gasteiger partial charge is 0.507 e. The molecule has 0 unspecified atom stereocenters. The Labute approximate surface area is 210 Å². The number of esters is 1. The molecule has 0 saturated heterocycles. The first-order valence-corrected chi connectivity index (χ1v) is 12.0. The van der Waals surface area contributed by atoms with Crippen LogP contribution in [0, 0.1) is 6.92 Å². The summed E-state index contributed by atoms with van der Waals surface area (Å²) in [6.07, 6.45) is 6.68. The van der Waals surface area contributed by atoms with Crippen molar-refractivity contribution < 1.29 is 34.0 Å². The van der Waals surface area contributed by atoms with E-state index in [2.05, 4.69) is 6.92 Å². The number of unbranched alkanes of at least 4 members (excludes halogenated alkanes) is 3. The lowest BCUT2D eigenvalue weighted by Crippen LogP contribution is -2.06. The number of aromatic carboxylic acids is 1. The summed E-state index contributed by atoms with van der Waals surface area (Å²) in [6.45, 7) is 4.03. The molecule has 0 spiro atoms. The Morgan fingerprint density at radius 2 is 1.94 bits per heavy atom. The number of halogens is 1. The summed E-state index contributed by atoms with van der Waals surface area (Å²) >= 11 is 6.33. The number of fused-ring (bicyclic) bond motifs is 1. The third-order valence-corrected chi connectivity index (χ3v) is 6.66. The molecule has 35 heavy (non-hydrogen) atoms. The minimum absolute atomic E-state index is 0.000827. The summed E-state index contributed by atoms with van der Waals surface area (Å²) in [7, 11) is 3.00. The summed E-state index contributed by atoms with van der Waals surface area (Å²) < 4.78 is 16.1. The van der Waals surface area contributed by atoms with Crippen LogP contribution in [-0.4, -0.2) is 36.4 Å². The van der Waals surface area contributed by atoms with Crippen LogP contribution < -0.4 is 9.47 Å². The Hall–Kier alpha value is -3.19. The van der Waals surface area contributed by atoms with Crippen molar-refractivity contribution in [3.05, 3.63) is 56.6 Å². The standard InChI is InChI=1S/C27H31ClO7/c1-5-6-7-8-9-16(19-12-17(33-3)13-21(28)22(19)26(30)31)10-11-18-24(29)23-20(14-35-27(23)32)15(2)25(18)34-4/h10,12-13,29H,5-9,11,14H2,1-4H3,(H,30,31)/b16-10+. The number of carbonyl (C=O) groups excluding carboxylic acids is 1. The molecular weight excluding hydrogens is 472 g/mol. The van der Waals surface area contributed by atoms with Gasteiger partial charge in [-0.2, -0.15) is 0 Å². The Balaban J connectivity index is 2.14. The molecule has 0 aliphatic carbocycles. The number of ether oxygens (including phenoxy) is 3. The van der Waals surface area contributed by atoms with Crippen molar-refractivity contribution in [1.82, 2.24) is 0 Å². The van der Waals surface area contributed by atoms with Crippen molar-refractivity contribution in [2.24, 2.45) is 0 Å². The third kappa shape index (κ3) is 5.40. The van der Waals surface area contributed by atoms with Crippen LogP contribution in [0.1, 0.15) is 82.0 Å². The molecule has 0 atom stereocenters. The number of methoxy groups -OCH3 is 2. The second-order valence-electron chi connectivity index (χ2n) is 8.50. The van der Waals surface area contributed by atoms with Crippen molar-refractivity contribution in [2.75, 3.05) is 14.2 Å². The van der Waals surface area contributed by atoms with Gasteiger partial charge in [-0.3, -0.25) is 0 Å². The molecule has 0 bridgehead atoms. The Morgan fingerprint density at radius 3 is 2.57 bits per heavy atom. The molecule has 2 N–H and O–H groups in total. The zero-order chi connectivity index (χ0) is 25.7. The third-order valence-electron chi connectivity index (χ3n) is 6.36. The van der Waals surface area contributed by atoms with E-state index in [4.69, 9.17) is 25.8 Å². The number of cyclic esters (lactones) is 1. The van der Waals surface area contributed by atoms with E-state index in [0.29, 0.717) is 34.6 Å². The first-order valence-electron chi connectivity index (χ1n) is 11.6. The van der Waals surface area contributed by atoms with Crippen LogP contribution in [0.5, 0.6) is 17.2 Å². The van der Waals surface area contributed by atoms with Crippen LogP contribution in [0.25, 0.3) is 5.57 Å². The summed E-state index contributed by atoms with van der Waals surface area (Å²) in [4.78, 5) is 24.3. The van der Waals surface area contributed by atoms with Crippen molar-refractivity contribution in [3.8, 4) is 17.2 Å². The van der Waals surface area contributed by atoms with Gasteiger partial charge in [0.1, 0.15) is 29.4 Å². The van der Waals surface area contributed by atoms with E-state index < -0.39 is 11.9 Å². The first kappa shape index (κ1) is 26.4. The van der Waals surface area contributed by atoms with Crippen molar-refractivity contribution in [3.63, 3.8) is 0 Å². The lowest BCUT2D eigenvalue weighted by Gasteiger charge is -2.17. The fraction of sp³-hybridized carbons (Fsp3) is 0.407. The SMILES string of the molecule is CCCCCC/C(=C\Cc1c(O)c2c(c(C)c1OC)COC2=O)c1cc(OC)cc(Cl)c1C(=O)O. The number of carboxylic acid groups (broad SMARTS) is 1. The molecule has 2 aromatic carbocycles. The van der Waals surface area contributed by atoms with E-state index in [9.17, 15) is 19.8 Å². The van der Waals surface area contributed by atoms with Crippen LogP contribution in [0.3, 0.4) is 0 Å². The molecule has 0 fully saturated rings. The fourth-order valence-corrected chi connectivity index (χ4v) is 4.80. The zero-order valence-corrected chi connectivity index (χ0v) is 21.3. The number of hydrogen-bond donors (Lipinski definition) is 2. The van der Waals surface area contributed by atoms with E-state index in [1.54, 1.807) is 6.07 Å². The molecule has 1 heterocycles. The summed E-state index contributed by atoms with van der Waals surface area (Å²) in [6, 6.07) is 3.15. The molecule has 1 aliphatic heterocycles. The van der Waals surface area contributed by atoms with Crippen LogP contribution >= 0.6 is 11.6 Å². The van der Waals surface area contributed by atoms with Crippen LogP contribution in [0.4, 0.5) is 0 Å². The van der Waals surface area contributed by atoms with Gasteiger partial charge in [0.2, 0.25) is 0 Å². The Bertz CT molecular complexity index is 1170. The first-order chi connectivity index (χ1) is 16.7. The average molecular weight is 503 g/mol. The van der Waals surface area contributed by atoms with Gasteiger partial charge in [0.25, 0.3) is 0 Å². The van der Waals surface area contributed by atoms with Gasteiger partial charge in [-0.15, -0.1) is 0 Å². The highest BCUT2D eigenvalue weighted by Crippen LogP contribution is 2.42. The molecule has 0 amide bonds. The van der Waals surface area contributed by atoms with Gasteiger partial charge < -0.3 is 24.4 Å². The van der Waals surface area contributed by atoms with Gasteiger partial charge in [0, 0.05) is 11.1 Å². The topological polar surface area (TPSA) is 102 Å². The smallest absolute Gasteiger partial charge is 0.342 e. The number of benzene rings is 2. The van der Waals surface area contributed by atoms with E-state index >= 15 is 0 Å².